The van der Waals surface area contributed by atoms with Crippen LogP contribution in [-0.2, 0) is 6.42 Å². The zero-order valence-electron chi connectivity index (χ0n) is 18.4. The molecule has 5 rings (SSSR count). The second-order valence-electron chi connectivity index (χ2n) is 9.08. The minimum atomic E-state index is 0.0672. The van der Waals surface area contributed by atoms with Gasteiger partial charge in [-0.1, -0.05) is 63.9 Å². The molecule has 0 aliphatic carbocycles. The van der Waals surface area contributed by atoms with Crippen LogP contribution in [0, 0.1) is 5.41 Å². The molecule has 0 atom stereocenters. The average Bonchev–Trinajstić information content (AvgIpc) is 3.15. The fourth-order valence-corrected chi connectivity index (χ4v) is 5.40. The number of hydrogen-bond acceptors (Lipinski definition) is 6. The molecule has 1 aliphatic rings. The highest BCUT2D eigenvalue weighted by Crippen LogP contribution is 2.47. The van der Waals surface area contributed by atoms with Gasteiger partial charge in [0.15, 0.2) is 0 Å². The highest BCUT2D eigenvalue weighted by Gasteiger charge is 2.32. The van der Waals surface area contributed by atoms with Crippen molar-refractivity contribution in [1.82, 2.24) is 15.0 Å². The number of hydrogen-bond donors (Lipinski definition) is 1. The first-order chi connectivity index (χ1) is 15.1. The number of nitrogens with zero attached hydrogens (tertiary/aromatic N) is 3. The Labute approximate surface area is 186 Å². The molecule has 160 valence electrons. The van der Waals surface area contributed by atoms with Gasteiger partial charge in [-0.15, -0.1) is 11.3 Å². The van der Waals surface area contributed by atoms with Crippen LogP contribution < -0.4 is 10.1 Å². The van der Waals surface area contributed by atoms with E-state index in [-0.39, 0.29) is 5.41 Å². The number of fused-ring (bicyclic) bond motifs is 5. The van der Waals surface area contributed by atoms with Gasteiger partial charge in [-0.3, -0.25) is 0 Å². The van der Waals surface area contributed by atoms with E-state index in [1.807, 2.05) is 6.07 Å². The number of benzene rings is 1. The van der Waals surface area contributed by atoms with Crippen molar-refractivity contribution in [1.29, 1.82) is 0 Å². The van der Waals surface area contributed by atoms with Crippen molar-refractivity contribution in [2.75, 3.05) is 18.5 Å². The lowest BCUT2D eigenvalue weighted by atomic mass is 9.83. The van der Waals surface area contributed by atoms with Gasteiger partial charge in [-0.25, -0.2) is 15.0 Å². The Bertz CT molecular complexity index is 1230. The Morgan fingerprint density at radius 2 is 1.97 bits per heavy atom. The van der Waals surface area contributed by atoms with Crippen LogP contribution >= 0.6 is 11.3 Å². The van der Waals surface area contributed by atoms with Crippen LogP contribution in [0.3, 0.4) is 0 Å². The number of pyridine rings is 1. The maximum Gasteiger partial charge on any atom is 0.149 e. The van der Waals surface area contributed by atoms with Gasteiger partial charge in [0.2, 0.25) is 0 Å². The van der Waals surface area contributed by atoms with Gasteiger partial charge < -0.3 is 10.1 Å². The van der Waals surface area contributed by atoms with Crippen molar-refractivity contribution in [3.63, 3.8) is 0 Å². The first kappa shape index (κ1) is 20.2. The topological polar surface area (TPSA) is 59.9 Å². The van der Waals surface area contributed by atoms with Crippen molar-refractivity contribution in [3.8, 4) is 17.0 Å². The molecule has 5 nitrogen and oxygen atoms in total. The largest absolute Gasteiger partial charge is 0.490 e. The van der Waals surface area contributed by atoms with Gasteiger partial charge in [-0.2, -0.15) is 0 Å². The summed E-state index contributed by atoms with van der Waals surface area (Å²) in [4.78, 5) is 15.3. The third-order valence-electron chi connectivity index (χ3n) is 5.84. The fourth-order valence-electron chi connectivity index (χ4n) is 4.28. The maximum absolute atomic E-state index is 6.36. The molecule has 6 heteroatoms. The molecule has 0 amide bonds. The van der Waals surface area contributed by atoms with Crippen molar-refractivity contribution in [2.24, 2.45) is 5.41 Å². The zero-order chi connectivity index (χ0) is 21.4. The molecular formula is C25H28N4OS. The van der Waals surface area contributed by atoms with Gasteiger partial charge in [0.25, 0.3) is 0 Å². The van der Waals surface area contributed by atoms with Crippen molar-refractivity contribution < 1.29 is 4.74 Å². The van der Waals surface area contributed by atoms with Gasteiger partial charge in [0.05, 0.1) is 16.8 Å². The lowest BCUT2D eigenvalue weighted by molar-refractivity contribution is 0.156. The lowest BCUT2D eigenvalue weighted by Gasteiger charge is -2.32. The summed E-state index contributed by atoms with van der Waals surface area (Å²) in [7, 11) is 0. The van der Waals surface area contributed by atoms with E-state index < -0.39 is 0 Å². The molecule has 31 heavy (non-hydrogen) atoms. The van der Waals surface area contributed by atoms with Crippen LogP contribution in [0.2, 0.25) is 0 Å². The highest BCUT2D eigenvalue weighted by atomic mass is 32.1. The SMILES string of the molecule is CCCCCNc1ncnc2c1sc1nc(-c3ccccc3)c3c(c12)CC(C)(C)CO3. The smallest absolute Gasteiger partial charge is 0.149 e. The fraction of sp³-hybridized carbons (Fsp3) is 0.400. The number of rotatable bonds is 6. The summed E-state index contributed by atoms with van der Waals surface area (Å²) in [6.45, 7) is 8.35. The third-order valence-corrected chi connectivity index (χ3v) is 6.92. The van der Waals surface area contributed by atoms with Crippen LogP contribution in [0.5, 0.6) is 5.75 Å². The highest BCUT2D eigenvalue weighted by molar-refractivity contribution is 7.26. The summed E-state index contributed by atoms with van der Waals surface area (Å²) >= 11 is 1.68. The molecule has 3 aromatic heterocycles. The number of anilines is 1. The van der Waals surface area contributed by atoms with Gasteiger partial charge in [0, 0.05) is 28.5 Å². The van der Waals surface area contributed by atoms with Crippen LogP contribution in [-0.4, -0.2) is 28.1 Å². The monoisotopic (exact) mass is 432 g/mol. The Kier molecular flexibility index (Phi) is 5.26. The number of nitrogens with one attached hydrogen (secondary N) is 1. The summed E-state index contributed by atoms with van der Waals surface area (Å²) < 4.78 is 7.44. The van der Waals surface area contributed by atoms with E-state index in [9.17, 15) is 0 Å². The van der Waals surface area contributed by atoms with Crippen molar-refractivity contribution in [3.05, 3.63) is 42.2 Å². The van der Waals surface area contributed by atoms with Crippen molar-refractivity contribution >= 4 is 37.6 Å². The molecule has 4 heterocycles. The second kappa shape index (κ2) is 8.08. The molecular weight excluding hydrogens is 404 g/mol. The molecule has 4 aromatic rings. The number of unbranched alkanes of at least 4 members (excludes halogenated alkanes) is 2. The second-order valence-corrected chi connectivity index (χ2v) is 10.1. The van der Waals surface area contributed by atoms with Crippen LogP contribution in [0.25, 0.3) is 31.7 Å². The number of aromatic nitrogens is 3. The zero-order valence-corrected chi connectivity index (χ0v) is 19.2. The molecule has 0 unspecified atom stereocenters. The van der Waals surface area contributed by atoms with Crippen molar-refractivity contribution in [2.45, 2.75) is 46.5 Å². The number of thiophene rings is 1. The van der Waals surface area contributed by atoms with E-state index in [0.717, 1.165) is 62.6 Å². The van der Waals surface area contributed by atoms with Crippen LogP contribution in [0.15, 0.2) is 36.7 Å². The lowest BCUT2D eigenvalue weighted by Crippen LogP contribution is -2.29. The van der Waals surface area contributed by atoms with Crippen LogP contribution in [0.1, 0.15) is 45.6 Å². The van der Waals surface area contributed by atoms with E-state index in [4.69, 9.17) is 14.7 Å². The summed E-state index contributed by atoms with van der Waals surface area (Å²) in [5, 5.41) is 4.65. The van der Waals surface area contributed by atoms with E-state index in [2.05, 4.69) is 55.3 Å². The van der Waals surface area contributed by atoms with Gasteiger partial charge >= 0.3 is 0 Å². The molecule has 0 spiro atoms. The Hall–Kier alpha value is -2.73. The molecule has 1 aromatic carbocycles. The summed E-state index contributed by atoms with van der Waals surface area (Å²) in [6.07, 6.45) is 6.17. The van der Waals surface area contributed by atoms with E-state index in [1.54, 1.807) is 17.7 Å². The average molecular weight is 433 g/mol. The summed E-state index contributed by atoms with van der Waals surface area (Å²) in [6, 6.07) is 10.3. The minimum Gasteiger partial charge on any atom is -0.490 e. The summed E-state index contributed by atoms with van der Waals surface area (Å²) in [5.41, 5.74) is 4.29. The first-order valence-corrected chi connectivity index (χ1v) is 11.9. The predicted molar refractivity (Wildman–Crippen MR) is 129 cm³/mol. The van der Waals surface area contributed by atoms with Crippen LogP contribution in [0.4, 0.5) is 5.82 Å². The standard InChI is InChI=1S/C25H28N4OS/c1-4-5-9-12-26-23-22-20(27-15-28-23)18-17-13-25(2,3)14-30-21(17)19(29-24(18)31-22)16-10-7-6-8-11-16/h6-8,10-11,15H,4-5,9,12-14H2,1-3H3,(H,26,27,28). The molecule has 0 saturated carbocycles. The van der Waals surface area contributed by atoms with Gasteiger partial charge in [-0.05, 0) is 12.8 Å². The Morgan fingerprint density at radius 3 is 2.77 bits per heavy atom. The quantitative estimate of drug-likeness (QED) is 0.354. The van der Waals surface area contributed by atoms with E-state index >= 15 is 0 Å². The predicted octanol–water partition coefficient (Wildman–Crippen LogP) is 6.47. The maximum atomic E-state index is 6.36. The Balaban J connectivity index is 1.71. The molecule has 0 radical (unpaired) electrons. The molecule has 1 aliphatic heterocycles. The van der Waals surface area contributed by atoms with Gasteiger partial charge in [0.1, 0.15) is 28.4 Å². The molecule has 0 saturated heterocycles. The summed E-state index contributed by atoms with van der Waals surface area (Å²) in [5.74, 6) is 1.82. The first-order valence-electron chi connectivity index (χ1n) is 11.1. The normalized spacial score (nSPS) is 15.1. The Morgan fingerprint density at radius 1 is 1.13 bits per heavy atom. The molecule has 0 fully saturated rings. The number of ether oxygens (including phenoxy) is 1. The molecule has 1 N–H and O–H groups in total. The van der Waals surface area contributed by atoms with E-state index in [0.29, 0.717) is 6.61 Å². The van der Waals surface area contributed by atoms with E-state index in [1.165, 1.54) is 18.4 Å². The molecule has 0 bridgehead atoms. The third kappa shape index (κ3) is 3.74. The minimum absolute atomic E-state index is 0.0672.